The zero-order chi connectivity index (χ0) is 0. The first-order chi connectivity index (χ1) is 0. The Morgan fingerprint density at radius 1 is 1.25 bits per heavy atom. The molecular formula is H3NaOPtRe. The van der Waals surface area contributed by atoms with Crippen molar-refractivity contribution in [1.29, 1.82) is 0 Å². The molecule has 0 aromatic rings. The topological polar surface area (TPSA) is 31.5 Å². The molecule has 0 bridgehead atoms. The minimum Gasteiger partial charge on any atom is -1.00 e. The first-order valence-corrected chi connectivity index (χ1v) is 0. The monoisotopic (exact) mass is 424 g/mol. The summed E-state index contributed by atoms with van der Waals surface area (Å²) in [7, 11) is 0. The van der Waals surface area contributed by atoms with Gasteiger partial charge in [0.1, 0.15) is 0 Å². The van der Waals surface area contributed by atoms with Gasteiger partial charge >= 0.3 is 29.6 Å². The third-order valence-electron chi connectivity index (χ3n) is 0. The van der Waals surface area contributed by atoms with Crippen molar-refractivity contribution in [2.75, 3.05) is 0 Å². The molecule has 0 saturated carbocycles. The molecule has 1 nitrogen and oxygen atoms in total. The largest absolute Gasteiger partial charge is 1.00 e. The van der Waals surface area contributed by atoms with Crippen LogP contribution in [0.15, 0.2) is 0 Å². The summed E-state index contributed by atoms with van der Waals surface area (Å²) in [6.45, 7) is 0. The summed E-state index contributed by atoms with van der Waals surface area (Å²) in [5.74, 6) is 0. The van der Waals surface area contributed by atoms with Crippen LogP contribution in [0.5, 0.6) is 0 Å². The van der Waals surface area contributed by atoms with Gasteiger partial charge in [-0.05, 0) is 0 Å². The Hall–Kier alpha value is 2.31. The fraction of sp³-hybridized carbons (Fsp3) is 0. The van der Waals surface area contributed by atoms with Gasteiger partial charge in [-0.3, -0.25) is 0 Å². The van der Waals surface area contributed by atoms with Crippen molar-refractivity contribution in [3.05, 3.63) is 0 Å². The van der Waals surface area contributed by atoms with Gasteiger partial charge in [0.2, 0.25) is 0 Å². The van der Waals surface area contributed by atoms with Crippen molar-refractivity contribution in [2.24, 2.45) is 0 Å². The maximum atomic E-state index is 0. The summed E-state index contributed by atoms with van der Waals surface area (Å²) in [6.07, 6.45) is 0. The second kappa shape index (κ2) is 18.5. The molecule has 0 aliphatic rings. The van der Waals surface area contributed by atoms with E-state index in [1.165, 1.54) is 0 Å². The average molecular weight is 423 g/mol. The fourth-order valence-corrected chi connectivity index (χ4v) is 0. The molecule has 2 N–H and O–H groups in total. The second-order valence-corrected chi connectivity index (χ2v) is 0. The van der Waals surface area contributed by atoms with Crippen LogP contribution in [0, 0.1) is 0 Å². The van der Waals surface area contributed by atoms with Gasteiger partial charge in [-0.15, -0.1) is 0 Å². The van der Waals surface area contributed by atoms with E-state index in [2.05, 4.69) is 0 Å². The zero-order valence-electron chi connectivity index (χ0n) is 3.19. The molecule has 0 aromatic heterocycles. The van der Waals surface area contributed by atoms with Crippen molar-refractivity contribution in [3.63, 3.8) is 0 Å². The Kier molecular flexibility index (Phi) is 154. The molecule has 0 rings (SSSR count). The standard InChI is InChI=1S/Na.H2O.Pt.Re.H/h;1H2;;;/q+1;;;;-1. The maximum absolute atomic E-state index is 0. The summed E-state index contributed by atoms with van der Waals surface area (Å²) in [4.78, 5) is 0. The molecule has 0 saturated heterocycles. The molecule has 0 fully saturated rings. The summed E-state index contributed by atoms with van der Waals surface area (Å²) >= 11 is 0. The van der Waals surface area contributed by atoms with Crippen molar-refractivity contribution < 1.29 is 77.9 Å². The van der Waals surface area contributed by atoms with Gasteiger partial charge in [0.05, 0.1) is 0 Å². The van der Waals surface area contributed by atoms with Gasteiger partial charge < -0.3 is 6.90 Å². The van der Waals surface area contributed by atoms with E-state index in [1.54, 1.807) is 0 Å². The van der Waals surface area contributed by atoms with Gasteiger partial charge in [-0.25, -0.2) is 0 Å². The molecule has 0 unspecified atom stereocenters. The normalized spacial score (nSPS) is 0. The van der Waals surface area contributed by atoms with Crippen LogP contribution in [0.2, 0.25) is 0 Å². The van der Waals surface area contributed by atoms with Crippen molar-refractivity contribution >= 4 is 0 Å². The predicted molar refractivity (Wildman–Crippen MR) is 4.73 cm³/mol. The first-order valence-electron chi connectivity index (χ1n) is 0. The molecular weight excluding hydrogens is 420 g/mol. The summed E-state index contributed by atoms with van der Waals surface area (Å²) < 4.78 is 0. The Bertz CT molecular complexity index is 11.6. The van der Waals surface area contributed by atoms with Crippen molar-refractivity contribution in [2.45, 2.75) is 0 Å². The van der Waals surface area contributed by atoms with Crippen LogP contribution in [0.4, 0.5) is 0 Å². The van der Waals surface area contributed by atoms with Gasteiger partial charge in [-0.2, -0.15) is 0 Å². The molecule has 0 aliphatic heterocycles. The van der Waals surface area contributed by atoms with Crippen LogP contribution in [0.1, 0.15) is 1.43 Å². The molecule has 0 aliphatic carbocycles. The molecule has 0 atom stereocenters. The SMILES string of the molecule is O.[H-].[Na+].[Pt].[Re]. The second-order valence-electron chi connectivity index (χ2n) is 0. The Morgan fingerprint density at radius 2 is 1.25 bits per heavy atom. The Morgan fingerprint density at radius 3 is 1.25 bits per heavy atom. The third-order valence-corrected chi connectivity index (χ3v) is 0. The van der Waals surface area contributed by atoms with E-state index in [1.807, 2.05) is 0 Å². The smallest absolute Gasteiger partial charge is 1.00 e. The van der Waals surface area contributed by atoms with Crippen LogP contribution in [0.3, 0.4) is 0 Å². The van der Waals surface area contributed by atoms with Crippen LogP contribution in [-0.2, 0) is 41.5 Å². The Balaban J connectivity index is 0. The molecule has 4 heteroatoms. The molecule has 27 valence electrons. The molecule has 0 spiro atoms. The number of hydrogen-bond acceptors (Lipinski definition) is 0. The van der Waals surface area contributed by atoms with Gasteiger partial charge in [0, 0.05) is 41.5 Å². The zero-order valence-corrected chi connectivity index (χ0v) is 9.18. The van der Waals surface area contributed by atoms with Gasteiger partial charge in [-0.1, -0.05) is 0 Å². The molecule has 0 heterocycles. The first kappa shape index (κ1) is 33.3. The van der Waals surface area contributed by atoms with E-state index in [9.17, 15) is 0 Å². The minimum absolute atomic E-state index is 0. The molecule has 0 aromatic carbocycles. The Labute approximate surface area is 76.9 Å². The summed E-state index contributed by atoms with van der Waals surface area (Å²) in [5.41, 5.74) is 0. The van der Waals surface area contributed by atoms with E-state index < -0.39 is 0 Å². The molecule has 1 radical (unpaired) electrons. The number of hydrogen-bond donors (Lipinski definition) is 0. The molecule has 4 heavy (non-hydrogen) atoms. The van der Waals surface area contributed by atoms with E-state index >= 15 is 0 Å². The maximum Gasteiger partial charge on any atom is 1.00 e. The third kappa shape index (κ3) is 8.85. The minimum atomic E-state index is 0. The van der Waals surface area contributed by atoms with E-state index in [-0.39, 0.29) is 77.9 Å². The average Bonchev–Trinajstić information content (AvgIpc) is 0. The van der Waals surface area contributed by atoms with E-state index in [0.29, 0.717) is 0 Å². The van der Waals surface area contributed by atoms with E-state index in [4.69, 9.17) is 0 Å². The molecule has 0 amide bonds. The summed E-state index contributed by atoms with van der Waals surface area (Å²) in [5, 5.41) is 0. The van der Waals surface area contributed by atoms with Crippen LogP contribution < -0.4 is 29.6 Å². The van der Waals surface area contributed by atoms with Crippen molar-refractivity contribution in [3.8, 4) is 0 Å². The van der Waals surface area contributed by atoms with Crippen molar-refractivity contribution in [1.82, 2.24) is 0 Å². The summed E-state index contributed by atoms with van der Waals surface area (Å²) in [6, 6.07) is 0. The van der Waals surface area contributed by atoms with Crippen LogP contribution in [-0.4, -0.2) is 5.48 Å². The van der Waals surface area contributed by atoms with Crippen LogP contribution in [0.25, 0.3) is 0 Å². The van der Waals surface area contributed by atoms with Crippen LogP contribution >= 0.6 is 0 Å². The van der Waals surface area contributed by atoms with Gasteiger partial charge in [0.25, 0.3) is 0 Å². The van der Waals surface area contributed by atoms with E-state index in [0.717, 1.165) is 0 Å². The van der Waals surface area contributed by atoms with Gasteiger partial charge in [0.15, 0.2) is 0 Å². The quantitative estimate of drug-likeness (QED) is 0.360. The predicted octanol–water partition coefficient (Wildman–Crippen LogP) is -3.71. The fourth-order valence-electron chi connectivity index (χ4n) is 0. The number of rotatable bonds is 0.